The van der Waals surface area contributed by atoms with Crippen LogP contribution < -0.4 is 0 Å². The Hall–Kier alpha value is -2.17. The molecule has 3 heterocycles. The van der Waals surface area contributed by atoms with E-state index in [-0.39, 0.29) is 0 Å². The van der Waals surface area contributed by atoms with Crippen LogP contribution in [0.2, 0.25) is 0 Å². The van der Waals surface area contributed by atoms with Crippen molar-refractivity contribution >= 4 is 10.9 Å². The van der Waals surface area contributed by atoms with Gasteiger partial charge in [0.1, 0.15) is 0 Å². The second-order valence-corrected chi connectivity index (χ2v) is 6.23. The summed E-state index contributed by atoms with van der Waals surface area (Å²) in [6.07, 6.45) is 4.04. The quantitative estimate of drug-likeness (QED) is 0.805. The number of para-hydroxylation sites is 1. The van der Waals surface area contributed by atoms with Crippen LogP contribution in [0.1, 0.15) is 11.3 Å². The molecule has 2 aromatic heterocycles. The Morgan fingerprint density at radius 3 is 2.39 bits per heavy atom. The van der Waals surface area contributed by atoms with Gasteiger partial charge in [-0.05, 0) is 23.8 Å². The molecule has 1 aliphatic heterocycles. The highest BCUT2D eigenvalue weighted by molar-refractivity contribution is 5.82. The van der Waals surface area contributed by atoms with Crippen molar-refractivity contribution in [2.24, 2.45) is 0 Å². The molecule has 1 N–H and O–H groups in total. The number of H-pyrrole nitrogens is 1. The Bertz CT molecular complexity index is 757. The summed E-state index contributed by atoms with van der Waals surface area (Å²) < 4.78 is 0. The van der Waals surface area contributed by atoms with E-state index < -0.39 is 0 Å². The number of fused-ring (bicyclic) bond motifs is 1. The van der Waals surface area contributed by atoms with E-state index in [1.165, 1.54) is 16.5 Å². The van der Waals surface area contributed by atoms with Crippen LogP contribution in [0.4, 0.5) is 0 Å². The summed E-state index contributed by atoms with van der Waals surface area (Å²) in [5, 5.41) is 1.35. The summed E-state index contributed by atoms with van der Waals surface area (Å²) in [6.45, 7) is 6.44. The number of piperazine rings is 1. The van der Waals surface area contributed by atoms with Crippen molar-refractivity contribution in [2.45, 2.75) is 13.1 Å². The first kappa shape index (κ1) is 14.4. The fourth-order valence-electron chi connectivity index (χ4n) is 3.33. The normalized spacial score (nSPS) is 16.9. The van der Waals surface area contributed by atoms with Crippen LogP contribution in [-0.4, -0.2) is 45.9 Å². The van der Waals surface area contributed by atoms with E-state index in [0.717, 1.165) is 45.0 Å². The van der Waals surface area contributed by atoms with Crippen molar-refractivity contribution in [3.8, 4) is 0 Å². The number of nitrogens with zero attached hydrogens (tertiary/aromatic N) is 3. The van der Waals surface area contributed by atoms with E-state index in [2.05, 4.69) is 62.4 Å². The molecular formula is C19H22N4. The Balaban J connectivity index is 1.35. The summed E-state index contributed by atoms with van der Waals surface area (Å²) in [5.41, 5.74) is 3.80. The maximum Gasteiger partial charge on any atom is 0.0543 e. The molecule has 4 nitrogen and oxygen atoms in total. The number of hydrogen-bond donors (Lipinski definition) is 1. The lowest BCUT2D eigenvalue weighted by atomic mass is 10.1. The maximum atomic E-state index is 4.43. The summed E-state index contributed by atoms with van der Waals surface area (Å²) in [6, 6.07) is 14.7. The first-order valence-corrected chi connectivity index (χ1v) is 8.28. The van der Waals surface area contributed by atoms with Crippen LogP contribution in [0.15, 0.2) is 54.9 Å². The molecule has 4 rings (SSSR count). The lowest BCUT2D eigenvalue weighted by Crippen LogP contribution is -2.45. The molecule has 0 bridgehead atoms. The number of pyridine rings is 1. The highest BCUT2D eigenvalue weighted by atomic mass is 15.3. The van der Waals surface area contributed by atoms with Crippen molar-refractivity contribution in [3.05, 3.63) is 66.1 Å². The maximum absolute atomic E-state index is 4.43. The van der Waals surface area contributed by atoms with Crippen molar-refractivity contribution in [3.63, 3.8) is 0 Å². The van der Waals surface area contributed by atoms with E-state index in [0.29, 0.717) is 0 Å². The first-order chi connectivity index (χ1) is 11.4. The minimum Gasteiger partial charge on any atom is -0.361 e. The third kappa shape index (κ3) is 3.28. The van der Waals surface area contributed by atoms with Crippen LogP contribution in [0, 0.1) is 0 Å². The van der Waals surface area contributed by atoms with E-state index in [4.69, 9.17) is 0 Å². The number of hydrogen-bond acceptors (Lipinski definition) is 3. The Morgan fingerprint density at radius 1 is 0.870 bits per heavy atom. The van der Waals surface area contributed by atoms with Gasteiger partial charge in [0.2, 0.25) is 0 Å². The molecule has 23 heavy (non-hydrogen) atoms. The zero-order chi connectivity index (χ0) is 15.5. The summed E-state index contributed by atoms with van der Waals surface area (Å²) in [5.74, 6) is 0. The van der Waals surface area contributed by atoms with Gasteiger partial charge in [-0.25, -0.2) is 0 Å². The molecule has 0 amide bonds. The fraction of sp³-hybridized carbons (Fsp3) is 0.316. The molecule has 1 aliphatic rings. The molecule has 0 spiro atoms. The summed E-state index contributed by atoms with van der Waals surface area (Å²) in [4.78, 5) is 12.8. The zero-order valence-electron chi connectivity index (χ0n) is 13.3. The van der Waals surface area contributed by atoms with Crippen LogP contribution in [0.5, 0.6) is 0 Å². The second-order valence-electron chi connectivity index (χ2n) is 6.23. The number of rotatable bonds is 4. The summed E-state index contributed by atoms with van der Waals surface area (Å²) >= 11 is 0. The van der Waals surface area contributed by atoms with Crippen LogP contribution >= 0.6 is 0 Å². The highest BCUT2D eigenvalue weighted by Crippen LogP contribution is 2.20. The van der Waals surface area contributed by atoms with E-state index in [9.17, 15) is 0 Å². The molecule has 0 unspecified atom stereocenters. The smallest absolute Gasteiger partial charge is 0.0543 e. The minimum atomic E-state index is 0.960. The molecular weight excluding hydrogens is 284 g/mol. The number of aromatic nitrogens is 2. The Kier molecular flexibility index (Phi) is 4.09. The van der Waals surface area contributed by atoms with E-state index in [1.54, 1.807) is 0 Å². The predicted octanol–water partition coefficient (Wildman–Crippen LogP) is 2.88. The fourth-order valence-corrected chi connectivity index (χ4v) is 3.33. The monoisotopic (exact) mass is 306 g/mol. The molecule has 3 aromatic rings. The van der Waals surface area contributed by atoms with Crippen molar-refractivity contribution < 1.29 is 0 Å². The predicted molar refractivity (Wildman–Crippen MR) is 93.1 cm³/mol. The molecule has 118 valence electrons. The third-order valence-corrected chi connectivity index (χ3v) is 4.65. The SMILES string of the molecule is c1ccc(CN2CCN(Cc3c[nH]c4ccccc34)CC2)nc1. The average Bonchev–Trinajstić information content (AvgIpc) is 3.01. The van der Waals surface area contributed by atoms with Gasteiger partial charge in [-0.2, -0.15) is 0 Å². The molecule has 0 saturated carbocycles. The van der Waals surface area contributed by atoms with Crippen LogP contribution in [0.3, 0.4) is 0 Å². The van der Waals surface area contributed by atoms with Crippen molar-refractivity contribution in [2.75, 3.05) is 26.2 Å². The van der Waals surface area contributed by atoms with Gasteiger partial charge in [0.15, 0.2) is 0 Å². The zero-order valence-corrected chi connectivity index (χ0v) is 13.3. The van der Waals surface area contributed by atoms with Gasteiger partial charge in [0.05, 0.1) is 5.69 Å². The van der Waals surface area contributed by atoms with Gasteiger partial charge in [0.25, 0.3) is 0 Å². The topological polar surface area (TPSA) is 35.2 Å². The van der Waals surface area contributed by atoms with Gasteiger partial charge < -0.3 is 4.98 Å². The molecule has 0 radical (unpaired) electrons. The lowest BCUT2D eigenvalue weighted by Gasteiger charge is -2.34. The second kappa shape index (κ2) is 6.52. The molecule has 4 heteroatoms. The van der Waals surface area contributed by atoms with Gasteiger partial charge in [-0.15, -0.1) is 0 Å². The average molecular weight is 306 g/mol. The van der Waals surface area contributed by atoms with Crippen LogP contribution in [0.25, 0.3) is 10.9 Å². The van der Waals surface area contributed by atoms with Gasteiger partial charge in [-0.1, -0.05) is 24.3 Å². The Morgan fingerprint density at radius 2 is 1.61 bits per heavy atom. The largest absolute Gasteiger partial charge is 0.361 e. The number of aromatic amines is 1. The lowest BCUT2D eigenvalue weighted by molar-refractivity contribution is 0.121. The standard InChI is InChI=1S/C19H22N4/c1-2-7-19-18(6-1)16(13-21-19)14-22-9-11-23(12-10-22)15-17-5-3-4-8-20-17/h1-8,13,21H,9-12,14-15H2. The van der Waals surface area contributed by atoms with Crippen LogP contribution in [-0.2, 0) is 13.1 Å². The summed E-state index contributed by atoms with van der Waals surface area (Å²) in [7, 11) is 0. The van der Waals surface area contributed by atoms with Gasteiger partial charge >= 0.3 is 0 Å². The molecule has 1 aromatic carbocycles. The molecule has 1 saturated heterocycles. The van der Waals surface area contributed by atoms with Crippen molar-refractivity contribution in [1.82, 2.24) is 19.8 Å². The molecule has 0 aliphatic carbocycles. The van der Waals surface area contributed by atoms with Crippen molar-refractivity contribution in [1.29, 1.82) is 0 Å². The molecule has 1 fully saturated rings. The Labute approximate surface area is 136 Å². The first-order valence-electron chi connectivity index (χ1n) is 8.28. The number of nitrogens with one attached hydrogen (secondary N) is 1. The number of benzene rings is 1. The third-order valence-electron chi connectivity index (χ3n) is 4.65. The highest BCUT2D eigenvalue weighted by Gasteiger charge is 2.18. The minimum absolute atomic E-state index is 0.960. The van der Waals surface area contributed by atoms with Gasteiger partial charge in [0, 0.05) is 62.6 Å². The van der Waals surface area contributed by atoms with E-state index >= 15 is 0 Å². The van der Waals surface area contributed by atoms with Gasteiger partial charge in [-0.3, -0.25) is 14.8 Å². The molecule has 0 atom stereocenters. The van der Waals surface area contributed by atoms with E-state index in [1.807, 2.05) is 12.3 Å².